The zero-order valence-electron chi connectivity index (χ0n) is 13.1. The van der Waals surface area contributed by atoms with Crippen LogP contribution >= 0.6 is 0 Å². The average molecular weight is 299 g/mol. The molecule has 1 amide bonds. The van der Waals surface area contributed by atoms with E-state index in [0.717, 1.165) is 11.1 Å². The number of nitrogens with zero attached hydrogens (tertiary/aromatic N) is 1. The van der Waals surface area contributed by atoms with Crippen molar-refractivity contribution >= 4 is 11.6 Å². The van der Waals surface area contributed by atoms with Crippen LogP contribution in [-0.2, 0) is 11.4 Å². The first kappa shape index (κ1) is 16.0. The fourth-order valence-corrected chi connectivity index (χ4v) is 2.05. The Morgan fingerprint density at radius 3 is 2.50 bits per heavy atom. The summed E-state index contributed by atoms with van der Waals surface area (Å²) in [5, 5.41) is 10.7. The zero-order chi connectivity index (χ0) is 16.1. The molecule has 4 nitrogen and oxygen atoms in total. The zero-order valence-corrected chi connectivity index (χ0v) is 13.1. The minimum Gasteiger partial charge on any atom is -0.489 e. The van der Waals surface area contributed by atoms with Gasteiger partial charge in [-0.3, -0.25) is 10.0 Å². The maximum Gasteiger partial charge on any atom is 0.253 e. The van der Waals surface area contributed by atoms with Gasteiger partial charge in [-0.05, 0) is 30.2 Å². The van der Waals surface area contributed by atoms with E-state index in [1.54, 1.807) is 26.0 Å². The molecule has 0 saturated carbocycles. The van der Waals surface area contributed by atoms with Gasteiger partial charge in [0.05, 0.1) is 5.69 Å². The second-order valence-electron chi connectivity index (χ2n) is 5.58. The number of hydroxylamine groups is 1. The van der Waals surface area contributed by atoms with Crippen LogP contribution in [0.15, 0.2) is 48.5 Å². The second kappa shape index (κ2) is 7.09. The average Bonchev–Trinajstić information content (AvgIpc) is 2.52. The number of carbonyl (C=O) groups excluding carboxylic acids is 1. The van der Waals surface area contributed by atoms with Crippen LogP contribution in [0, 0.1) is 12.8 Å². The predicted molar refractivity (Wildman–Crippen MR) is 86.1 cm³/mol. The SMILES string of the molecule is Cc1cc(OCc2ccccc2)cc(N(O)C(=O)C(C)C)c1. The Balaban J connectivity index is 2.14. The molecular formula is C18H21NO3. The van der Waals surface area contributed by atoms with Crippen molar-refractivity contribution in [3.8, 4) is 5.75 Å². The van der Waals surface area contributed by atoms with Crippen molar-refractivity contribution in [2.24, 2.45) is 5.92 Å². The lowest BCUT2D eigenvalue weighted by atomic mass is 10.1. The minimum absolute atomic E-state index is 0.279. The topological polar surface area (TPSA) is 49.8 Å². The molecule has 2 aromatic rings. The first-order valence-corrected chi connectivity index (χ1v) is 7.28. The normalized spacial score (nSPS) is 10.6. The van der Waals surface area contributed by atoms with Crippen molar-refractivity contribution in [3.63, 3.8) is 0 Å². The molecule has 0 bridgehead atoms. The number of ether oxygens (including phenoxy) is 1. The van der Waals surface area contributed by atoms with E-state index in [2.05, 4.69) is 0 Å². The van der Waals surface area contributed by atoms with Crippen LogP contribution in [0.4, 0.5) is 5.69 Å². The van der Waals surface area contributed by atoms with Crippen molar-refractivity contribution in [2.75, 3.05) is 5.06 Å². The third-order valence-corrected chi connectivity index (χ3v) is 3.23. The molecule has 1 N–H and O–H groups in total. The number of hydrogen-bond donors (Lipinski definition) is 1. The molecule has 0 aromatic heterocycles. The molecule has 0 aliphatic heterocycles. The van der Waals surface area contributed by atoms with E-state index in [1.165, 1.54) is 0 Å². The molecule has 0 fully saturated rings. The van der Waals surface area contributed by atoms with Gasteiger partial charge in [-0.15, -0.1) is 0 Å². The largest absolute Gasteiger partial charge is 0.489 e. The quantitative estimate of drug-likeness (QED) is 0.671. The van der Waals surface area contributed by atoms with Gasteiger partial charge in [-0.1, -0.05) is 44.2 Å². The molecule has 0 radical (unpaired) electrons. The van der Waals surface area contributed by atoms with E-state index in [4.69, 9.17) is 4.74 Å². The van der Waals surface area contributed by atoms with Gasteiger partial charge in [0.1, 0.15) is 12.4 Å². The van der Waals surface area contributed by atoms with Crippen LogP contribution in [0.2, 0.25) is 0 Å². The van der Waals surface area contributed by atoms with Gasteiger partial charge in [0.2, 0.25) is 0 Å². The van der Waals surface area contributed by atoms with E-state index >= 15 is 0 Å². The molecule has 4 heteroatoms. The molecule has 116 valence electrons. The maximum absolute atomic E-state index is 11.9. The summed E-state index contributed by atoms with van der Waals surface area (Å²) in [5.41, 5.74) is 2.39. The van der Waals surface area contributed by atoms with Crippen LogP contribution in [0.1, 0.15) is 25.0 Å². The molecule has 0 spiro atoms. The van der Waals surface area contributed by atoms with E-state index in [0.29, 0.717) is 23.1 Å². The smallest absolute Gasteiger partial charge is 0.253 e. The summed E-state index contributed by atoms with van der Waals surface area (Å²) in [6.45, 7) is 5.82. The number of rotatable bonds is 5. The first-order chi connectivity index (χ1) is 10.5. The summed E-state index contributed by atoms with van der Waals surface area (Å²) in [5.74, 6) is -0.00623. The lowest BCUT2D eigenvalue weighted by Crippen LogP contribution is -2.30. The van der Waals surface area contributed by atoms with Crippen LogP contribution in [0.25, 0.3) is 0 Å². The summed E-state index contributed by atoms with van der Waals surface area (Å²) in [6.07, 6.45) is 0. The molecule has 0 aliphatic carbocycles. The molecule has 0 atom stereocenters. The number of aryl methyl sites for hydroxylation is 1. The summed E-state index contributed by atoms with van der Waals surface area (Å²) < 4.78 is 5.75. The van der Waals surface area contributed by atoms with Crippen LogP contribution in [0.5, 0.6) is 5.75 Å². The predicted octanol–water partition coefficient (Wildman–Crippen LogP) is 3.95. The van der Waals surface area contributed by atoms with Gasteiger partial charge in [0.25, 0.3) is 5.91 Å². The van der Waals surface area contributed by atoms with Gasteiger partial charge in [0.15, 0.2) is 0 Å². The van der Waals surface area contributed by atoms with Gasteiger partial charge in [-0.2, -0.15) is 5.06 Å². The van der Waals surface area contributed by atoms with E-state index in [9.17, 15) is 10.0 Å². The molecule has 2 rings (SSSR count). The van der Waals surface area contributed by atoms with Gasteiger partial charge in [-0.25, -0.2) is 0 Å². The van der Waals surface area contributed by atoms with Crippen LogP contribution in [0.3, 0.4) is 0 Å². The molecule has 22 heavy (non-hydrogen) atoms. The van der Waals surface area contributed by atoms with Crippen LogP contribution < -0.4 is 9.80 Å². The fourth-order valence-electron chi connectivity index (χ4n) is 2.05. The van der Waals surface area contributed by atoms with Gasteiger partial charge >= 0.3 is 0 Å². The lowest BCUT2D eigenvalue weighted by molar-refractivity contribution is -0.126. The molecular weight excluding hydrogens is 278 g/mol. The van der Waals surface area contributed by atoms with E-state index in [1.807, 2.05) is 43.3 Å². The minimum atomic E-state index is -0.348. The van der Waals surface area contributed by atoms with Gasteiger partial charge < -0.3 is 4.74 Å². The highest BCUT2D eigenvalue weighted by Gasteiger charge is 2.17. The Morgan fingerprint density at radius 2 is 1.86 bits per heavy atom. The fraction of sp³-hybridized carbons (Fsp3) is 0.278. The number of carbonyl (C=O) groups is 1. The summed E-state index contributed by atoms with van der Waals surface area (Å²) >= 11 is 0. The number of anilines is 1. The molecule has 0 aliphatic rings. The van der Waals surface area contributed by atoms with E-state index < -0.39 is 0 Å². The maximum atomic E-state index is 11.9. The Hall–Kier alpha value is -2.33. The lowest BCUT2D eigenvalue weighted by Gasteiger charge is -2.18. The van der Waals surface area contributed by atoms with Gasteiger partial charge in [0, 0.05) is 12.0 Å². The number of hydrogen-bond acceptors (Lipinski definition) is 3. The third kappa shape index (κ3) is 4.09. The molecule has 2 aromatic carbocycles. The van der Waals surface area contributed by atoms with Crippen LogP contribution in [-0.4, -0.2) is 11.1 Å². The summed E-state index contributed by atoms with van der Waals surface area (Å²) in [6, 6.07) is 15.1. The highest BCUT2D eigenvalue weighted by atomic mass is 16.5. The molecule has 0 saturated heterocycles. The van der Waals surface area contributed by atoms with E-state index in [-0.39, 0.29) is 11.8 Å². The highest BCUT2D eigenvalue weighted by molar-refractivity contribution is 5.92. The first-order valence-electron chi connectivity index (χ1n) is 7.28. The third-order valence-electron chi connectivity index (χ3n) is 3.23. The van der Waals surface area contributed by atoms with Crippen molar-refractivity contribution in [2.45, 2.75) is 27.4 Å². The Bertz CT molecular complexity index is 638. The van der Waals surface area contributed by atoms with Crippen molar-refractivity contribution in [1.82, 2.24) is 0 Å². The monoisotopic (exact) mass is 299 g/mol. The Kier molecular flexibility index (Phi) is 5.17. The Morgan fingerprint density at radius 1 is 1.18 bits per heavy atom. The van der Waals surface area contributed by atoms with Crippen molar-refractivity contribution in [1.29, 1.82) is 0 Å². The Labute approximate surface area is 130 Å². The van der Waals surface area contributed by atoms with Crippen molar-refractivity contribution < 1.29 is 14.7 Å². The highest BCUT2D eigenvalue weighted by Crippen LogP contribution is 2.25. The molecule has 0 unspecified atom stereocenters. The molecule has 0 heterocycles. The summed E-state index contributed by atoms with van der Waals surface area (Å²) in [7, 11) is 0. The van der Waals surface area contributed by atoms with Crippen molar-refractivity contribution in [3.05, 3.63) is 59.7 Å². The second-order valence-corrected chi connectivity index (χ2v) is 5.58. The standard InChI is InChI=1S/C18H21NO3/c1-13(2)18(20)19(21)16-9-14(3)10-17(11-16)22-12-15-7-5-4-6-8-15/h4-11,13,21H,12H2,1-3H3. The number of amides is 1. The number of benzene rings is 2. The summed E-state index contributed by atoms with van der Waals surface area (Å²) in [4.78, 5) is 11.9.